The van der Waals surface area contributed by atoms with Crippen LogP contribution in [0.15, 0.2) is 67.2 Å². The molecule has 3 aromatic rings. The van der Waals surface area contributed by atoms with Crippen LogP contribution in [0.3, 0.4) is 0 Å². The fraction of sp³-hybridized carbons (Fsp3) is 0.500. The molecule has 79 heavy (non-hydrogen) atoms. The quantitative estimate of drug-likeness (QED) is 0.137. The maximum Gasteiger partial charge on any atom is 0.340 e. The minimum absolute atomic E-state index is 0.00763. The van der Waals surface area contributed by atoms with Crippen LogP contribution < -0.4 is 28.4 Å². The van der Waals surface area contributed by atoms with Gasteiger partial charge in [0.2, 0.25) is 0 Å². The minimum atomic E-state index is -0.759. The van der Waals surface area contributed by atoms with Crippen molar-refractivity contribution in [3.8, 4) is 34.5 Å². The van der Waals surface area contributed by atoms with Gasteiger partial charge in [-0.3, -0.25) is 14.4 Å². The molecule has 9 aliphatic rings. The Morgan fingerprint density at radius 3 is 1.90 bits per heavy atom. The lowest BCUT2D eigenvalue weighted by atomic mass is 9.66. The number of carbonyl (C=O) groups is 5. The lowest BCUT2D eigenvalue weighted by molar-refractivity contribution is -0.118. The molecule has 1 amide bonds. The van der Waals surface area contributed by atoms with E-state index in [1.807, 2.05) is 31.1 Å². The topological polar surface area (TPSA) is 226 Å². The average molecular weight is 1280 g/mol. The van der Waals surface area contributed by atoms with Gasteiger partial charge in [0.05, 0.1) is 73.1 Å². The number of hydrogen-bond acceptors (Lipinski definition) is 17. The first-order chi connectivity index (χ1) is 37.6. The molecule has 5 aliphatic heterocycles. The third-order valence-electron chi connectivity index (χ3n) is 17.1. The lowest BCUT2D eigenvalue weighted by Gasteiger charge is -2.36. The summed E-state index contributed by atoms with van der Waals surface area (Å²) in [7, 11) is 8.45. The van der Waals surface area contributed by atoms with E-state index in [1.54, 1.807) is 70.4 Å². The zero-order valence-corrected chi connectivity index (χ0v) is 49.8. The molecule has 4 aliphatic carbocycles. The number of carbonyl (C=O) groups excluding carboxylic acids is 5. The van der Waals surface area contributed by atoms with Gasteiger partial charge in [0.25, 0.3) is 5.91 Å². The number of rotatable bonds is 9. The highest BCUT2D eigenvalue weighted by Crippen LogP contribution is 2.64. The van der Waals surface area contributed by atoms with Crippen molar-refractivity contribution in [2.45, 2.75) is 119 Å². The van der Waals surface area contributed by atoms with E-state index >= 15 is 0 Å². The molecule has 3 N–H and O–H groups in total. The van der Waals surface area contributed by atoms with Crippen LogP contribution in [0.1, 0.15) is 113 Å². The second-order valence-electron chi connectivity index (χ2n) is 21.8. The van der Waals surface area contributed by atoms with E-state index in [0.717, 1.165) is 59.1 Å². The Hall–Kier alpha value is -5.45. The second kappa shape index (κ2) is 21.5. The highest BCUT2D eigenvalue weighted by Gasteiger charge is 2.62. The lowest BCUT2D eigenvalue weighted by Crippen LogP contribution is -2.44. The van der Waals surface area contributed by atoms with Gasteiger partial charge >= 0.3 is 11.9 Å². The Morgan fingerprint density at radius 1 is 0.747 bits per heavy atom. The fourth-order valence-corrected chi connectivity index (χ4v) is 15.1. The monoisotopic (exact) mass is 1280 g/mol. The maximum atomic E-state index is 13.0. The molecule has 18 nitrogen and oxygen atoms in total. The number of benzene rings is 3. The molecule has 10 unspecified atom stereocenters. The number of ether oxygens (including phenoxy) is 8. The van der Waals surface area contributed by atoms with E-state index in [9.17, 15) is 39.3 Å². The van der Waals surface area contributed by atoms with Gasteiger partial charge in [0, 0.05) is 88.3 Å². The van der Waals surface area contributed by atoms with Crippen molar-refractivity contribution in [1.82, 2.24) is 9.80 Å². The summed E-state index contributed by atoms with van der Waals surface area (Å²) in [6, 6.07) is 5.16. The Balaban J connectivity index is 0.000000134. The number of aliphatic hydroxyl groups excluding tert-OH is 3. The SMILES string of the molecule is COc1cc(Br)c(C(=O)OC(C)CO)c2c1OC1CC(=O)C=C3N(C)CCC321.COc1cc(Br)c(C(=O)OCC(C)O)c2c1OC1CC(=O)C=C3C(C)CCC321.COc1cc(Br)c2c3c1OC1CC(O)C=CC31CCN(C)C2=O. The number of fused-ring (bicyclic) bond motifs is 2. The minimum Gasteiger partial charge on any atom is -0.493 e. The normalized spacial score (nSPS) is 28.5. The number of esters is 2. The van der Waals surface area contributed by atoms with Gasteiger partial charge in [0.1, 0.15) is 31.0 Å². The molecule has 422 valence electrons. The Morgan fingerprint density at radius 2 is 1.29 bits per heavy atom. The van der Waals surface area contributed by atoms with Crippen molar-refractivity contribution in [1.29, 1.82) is 0 Å². The summed E-state index contributed by atoms with van der Waals surface area (Å²) in [4.78, 5) is 67.3. The number of amides is 1. The largest absolute Gasteiger partial charge is 0.493 e. The molecule has 2 fully saturated rings. The average Bonchev–Trinajstić information content (AvgIpc) is 2.46. The highest BCUT2D eigenvalue weighted by atomic mass is 79.9. The third-order valence-corrected chi connectivity index (χ3v) is 19.0. The van der Waals surface area contributed by atoms with Crippen molar-refractivity contribution < 1.29 is 77.2 Å². The van der Waals surface area contributed by atoms with Gasteiger partial charge in [-0.1, -0.05) is 19.1 Å². The highest BCUT2D eigenvalue weighted by molar-refractivity contribution is 9.11. The number of nitrogens with zero attached hydrogens (tertiary/aromatic N) is 2. The van der Waals surface area contributed by atoms with Crippen LogP contribution in [0, 0.1) is 5.92 Å². The van der Waals surface area contributed by atoms with Gasteiger partial charge in [-0.15, -0.1) is 0 Å². The van der Waals surface area contributed by atoms with Crippen LogP contribution in [0.4, 0.5) is 0 Å². The van der Waals surface area contributed by atoms with Gasteiger partial charge in [-0.25, -0.2) is 9.59 Å². The van der Waals surface area contributed by atoms with Crippen LogP contribution in [-0.4, -0.2) is 153 Å². The van der Waals surface area contributed by atoms with Crippen molar-refractivity contribution >= 4 is 77.2 Å². The van der Waals surface area contributed by atoms with Gasteiger partial charge < -0.3 is 63.0 Å². The molecule has 12 rings (SSSR count). The molecule has 1 saturated heterocycles. The Bertz CT molecular complexity index is 3170. The predicted molar refractivity (Wildman–Crippen MR) is 297 cm³/mol. The second-order valence-corrected chi connectivity index (χ2v) is 24.4. The zero-order chi connectivity index (χ0) is 56.8. The van der Waals surface area contributed by atoms with E-state index in [-0.39, 0.29) is 67.1 Å². The first-order valence-electron chi connectivity index (χ1n) is 26.3. The Kier molecular flexibility index (Phi) is 15.4. The number of allylic oxidation sites excluding steroid dienone is 2. The van der Waals surface area contributed by atoms with Gasteiger partial charge in [-0.05, 0) is 123 Å². The van der Waals surface area contributed by atoms with Crippen LogP contribution in [0.5, 0.6) is 34.5 Å². The molecule has 3 spiro atoms. The fourth-order valence-electron chi connectivity index (χ4n) is 13.4. The predicted octanol–water partition coefficient (Wildman–Crippen LogP) is 7.76. The summed E-state index contributed by atoms with van der Waals surface area (Å²) < 4.78 is 47.8. The molecule has 21 heteroatoms. The third kappa shape index (κ3) is 9.07. The molecular formula is C58H63Br3N2O16. The van der Waals surface area contributed by atoms with Crippen molar-refractivity contribution in [3.05, 3.63) is 101 Å². The molecular weight excluding hydrogens is 1220 g/mol. The number of hydrogen-bond donors (Lipinski definition) is 3. The van der Waals surface area contributed by atoms with Crippen molar-refractivity contribution in [2.75, 3.05) is 61.7 Å². The summed E-state index contributed by atoms with van der Waals surface area (Å²) in [6.45, 7) is 6.31. The molecule has 0 aromatic heterocycles. The van der Waals surface area contributed by atoms with Crippen molar-refractivity contribution in [3.63, 3.8) is 0 Å². The van der Waals surface area contributed by atoms with Crippen LogP contribution in [-0.2, 0) is 35.3 Å². The van der Waals surface area contributed by atoms with Gasteiger partial charge in [0.15, 0.2) is 46.1 Å². The first kappa shape index (κ1) is 56.8. The molecule has 5 heterocycles. The van der Waals surface area contributed by atoms with Crippen LogP contribution >= 0.6 is 47.8 Å². The van der Waals surface area contributed by atoms with E-state index in [1.165, 1.54) is 0 Å². The Labute approximate surface area is 482 Å². The maximum absolute atomic E-state index is 13.0. The molecule has 0 bridgehead atoms. The molecule has 3 aromatic carbocycles. The summed E-state index contributed by atoms with van der Waals surface area (Å²) in [5.74, 6) is 2.46. The van der Waals surface area contributed by atoms with Gasteiger partial charge in [-0.2, -0.15) is 0 Å². The summed E-state index contributed by atoms with van der Waals surface area (Å²) >= 11 is 10.5. The molecule has 1 saturated carbocycles. The van der Waals surface area contributed by atoms with E-state index in [2.05, 4.69) is 54.7 Å². The number of likely N-dealkylation sites (N-methyl/N-ethyl adjacent to an activating group) is 1. The van der Waals surface area contributed by atoms with E-state index in [0.29, 0.717) is 78.7 Å². The van der Waals surface area contributed by atoms with Crippen LogP contribution in [0.2, 0.25) is 0 Å². The number of aliphatic hydroxyl groups is 3. The van der Waals surface area contributed by atoms with E-state index < -0.39 is 47.2 Å². The van der Waals surface area contributed by atoms with E-state index in [4.69, 9.17) is 37.9 Å². The van der Waals surface area contributed by atoms with Crippen molar-refractivity contribution in [2.24, 2.45) is 5.92 Å². The number of likely N-dealkylation sites (tertiary alicyclic amines) is 1. The number of ketones is 2. The molecule has 0 radical (unpaired) electrons. The summed E-state index contributed by atoms with van der Waals surface area (Å²) in [6.07, 6.45) is 8.63. The summed E-state index contributed by atoms with van der Waals surface area (Å²) in [5, 5.41) is 28.8. The smallest absolute Gasteiger partial charge is 0.340 e. The molecule has 10 atom stereocenters. The van der Waals surface area contributed by atoms with Crippen LogP contribution in [0.25, 0.3) is 0 Å². The first-order valence-corrected chi connectivity index (χ1v) is 28.7. The number of methoxy groups -OCH3 is 3. The zero-order valence-electron chi connectivity index (χ0n) is 45.0. The standard InChI is InChI=1S/C21H23BrO6.C20H22BrNO6.C17H18BrNO4/c1-10-4-5-21-13(10)6-12(24)7-16(21)28-19-15(26-3)8-14(22)17(18(19)21)20(25)27-9-11(2)23;1-10(9-23)27-19(25)16-12(21)8-13(26-3)18-17(16)20-4-5-22(2)14(20)6-11(24)7-15(20)28-18;1-19-6-5-17-4-3-9(20)7-12(17)23-15-11(22-2)8-10(18)13(14(15)17)16(19)21/h6,8,10-11,16,23H,4-5,7,9H2,1-3H3;6,8,10,15,23H,4-5,7,9H2,1-3H3;3-4,8-9,12,20H,5-7H2,1-2H3. The number of halogens is 3. The summed E-state index contributed by atoms with van der Waals surface area (Å²) in [5.41, 5.74) is 4.07.